The van der Waals surface area contributed by atoms with Gasteiger partial charge in [0.2, 0.25) is 0 Å². The lowest BCUT2D eigenvalue weighted by Gasteiger charge is -2.01. The molecule has 0 radical (unpaired) electrons. The summed E-state index contributed by atoms with van der Waals surface area (Å²) in [6.45, 7) is 0. The van der Waals surface area contributed by atoms with Crippen molar-refractivity contribution in [1.29, 1.82) is 0 Å². The molecule has 0 spiro atoms. The van der Waals surface area contributed by atoms with E-state index >= 15 is 0 Å². The highest BCUT2D eigenvalue weighted by Gasteiger charge is 2.16. The SMILES string of the molecule is Cn1nc(-c2c(Cl)cncc2Cl)nc1Cc1ccc(Cl)cc1. The van der Waals surface area contributed by atoms with Gasteiger partial charge < -0.3 is 0 Å². The molecule has 0 N–H and O–H groups in total. The Balaban J connectivity index is 1.96. The maximum Gasteiger partial charge on any atom is 0.184 e. The largest absolute Gasteiger partial charge is 0.262 e. The van der Waals surface area contributed by atoms with Crippen molar-refractivity contribution in [3.63, 3.8) is 0 Å². The number of hydrogen-bond donors (Lipinski definition) is 0. The van der Waals surface area contributed by atoms with E-state index in [-0.39, 0.29) is 0 Å². The van der Waals surface area contributed by atoms with Gasteiger partial charge in [-0.2, -0.15) is 5.10 Å². The Labute approximate surface area is 142 Å². The molecule has 3 rings (SSSR count). The molecule has 112 valence electrons. The van der Waals surface area contributed by atoms with Gasteiger partial charge >= 0.3 is 0 Å². The van der Waals surface area contributed by atoms with Crippen molar-refractivity contribution in [2.24, 2.45) is 7.05 Å². The summed E-state index contributed by atoms with van der Waals surface area (Å²) >= 11 is 18.2. The first-order valence-corrected chi connectivity index (χ1v) is 7.61. The molecule has 3 aromatic rings. The quantitative estimate of drug-likeness (QED) is 0.699. The van der Waals surface area contributed by atoms with Gasteiger partial charge in [-0.1, -0.05) is 46.9 Å². The summed E-state index contributed by atoms with van der Waals surface area (Å²) in [7, 11) is 1.84. The Bertz CT molecular complexity index is 792. The van der Waals surface area contributed by atoms with Crippen LogP contribution in [0.1, 0.15) is 11.4 Å². The van der Waals surface area contributed by atoms with Crippen molar-refractivity contribution in [3.05, 3.63) is 63.1 Å². The second-order valence-corrected chi connectivity index (χ2v) is 6.01. The molecule has 0 atom stereocenters. The molecule has 4 nitrogen and oxygen atoms in total. The topological polar surface area (TPSA) is 43.6 Å². The van der Waals surface area contributed by atoms with Crippen LogP contribution in [0.5, 0.6) is 0 Å². The number of benzene rings is 1. The van der Waals surface area contributed by atoms with Gasteiger partial charge in [-0.3, -0.25) is 9.67 Å². The maximum absolute atomic E-state index is 6.15. The predicted molar refractivity (Wildman–Crippen MR) is 88.5 cm³/mol. The van der Waals surface area contributed by atoms with E-state index in [9.17, 15) is 0 Å². The van der Waals surface area contributed by atoms with E-state index in [0.717, 1.165) is 11.4 Å². The Morgan fingerprint density at radius 2 is 1.64 bits per heavy atom. The molecule has 0 aliphatic carbocycles. The Morgan fingerprint density at radius 3 is 2.27 bits per heavy atom. The molecule has 7 heteroatoms. The van der Waals surface area contributed by atoms with Gasteiger partial charge in [-0.15, -0.1) is 0 Å². The minimum Gasteiger partial charge on any atom is -0.262 e. The van der Waals surface area contributed by atoms with Crippen LogP contribution in [0.25, 0.3) is 11.4 Å². The molecule has 2 aromatic heterocycles. The molecule has 0 saturated carbocycles. The lowest BCUT2D eigenvalue weighted by Crippen LogP contribution is -2.00. The van der Waals surface area contributed by atoms with E-state index in [4.69, 9.17) is 34.8 Å². The van der Waals surface area contributed by atoms with Crippen molar-refractivity contribution in [2.45, 2.75) is 6.42 Å². The van der Waals surface area contributed by atoms with Gasteiger partial charge in [-0.25, -0.2) is 4.98 Å². The molecule has 0 saturated heterocycles. The van der Waals surface area contributed by atoms with Crippen LogP contribution in [0.15, 0.2) is 36.7 Å². The van der Waals surface area contributed by atoms with Crippen LogP contribution in [-0.2, 0) is 13.5 Å². The van der Waals surface area contributed by atoms with Crippen LogP contribution in [-0.4, -0.2) is 19.7 Å². The zero-order chi connectivity index (χ0) is 15.7. The minimum atomic E-state index is 0.427. The molecule has 0 aliphatic heterocycles. The van der Waals surface area contributed by atoms with Crippen LogP contribution in [0.3, 0.4) is 0 Å². The van der Waals surface area contributed by atoms with E-state index in [0.29, 0.717) is 32.9 Å². The zero-order valence-corrected chi connectivity index (χ0v) is 13.9. The fourth-order valence-corrected chi connectivity index (χ4v) is 2.75. The van der Waals surface area contributed by atoms with Crippen molar-refractivity contribution in [1.82, 2.24) is 19.7 Å². The predicted octanol–water partition coefficient (Wildman–Crippen LogP) is 4.43. The molecular weight excluding hydrogens is 343 g/mol. The fourth-order valence-electron chi connectivity index (χ4n) is 2.09. The maximum atomic E-state index is 6.15. The number of hydrogen-bond acceptors (Lipinski definition) is 3. The molecule has 0 fully saturated rings. The first kappa shape index (κ1) is 15.3. The van der Waals surface area contributed by atoms with Crippen LogP contribution in [0, 0.1) is 0 Å². The van der Waals surface area contributed by atoms with Crippen LogP contribution < -0.4 is 0 Å². The standard InChI is InChI=1S/C15H11Cl3N4/c1-22-13(6-9-2-4-10(16)5-3-9)20-15(21-22)14-11(17)7-19-8-12(14)18/h2-5,7-8H,6H2,1H3. The van der Waals surface area contributed by atoms with E-state index in [1.54, 1.807) is 4.68 Å². The number of aromatic nitrogens is 4. The van der Waals surface area contributed by atoms with Crippen molar-refractivity contribution in [3.8, 4) is 11.4 Å². The minimum absolute atomic E-state index is 0.427. The lowest BCUT2D eigenvalue weighted by atomic mass is 10.1. The number of aryl methyl sites for hydroxylation is 1. The summed E-state index contributed by atoms with van der Waals surface area (Å²) in [6, 6.07) is 7.63. The van der Waals surface area contributed by atoms with E-state index < -0.39 is 0 Å². The highest BCUT2D eigenvalue weighted by Crippen LogP contribution is 2.31. The smallest absolute Gasteiger partial charge is 0.184 e. The summed E-state index contributed by atoms with van der Waals surface area (Å²) in [5.41, 5.74) is 1.69. The van der Waals surface area contributed by atoms with Crippen molar-refractivity contribution in [2.75, 3.05) is 0 Å². The van der Waals surface area contributed by atoms with Gasteiger partial charge in [0.1, 0.15) is 5.82 Å². The third kappa shape index (κ3) is 3.09. The highest BCUT2D eigenvalue weighted by molar-refractivity contribution is 6.38. The molecule has 0 bridgehead atoms. The molecule has 2 heterocycles. The van der Waals surface area contributed by atoms with Crippen LogP contribution in [0.4, 0.5) is 0 Å². The lowest BCUT2D eigenvalue weighted by molar-refractivity contribution is 0.717. The summed E-state index contributed by atoms with van der Waals surface area (Å²) in [5.74, 6) is 1.30. The summed E-state index contributed by atoms with van der Waals surface area (Å²) in [5, 5.41) is 5.96. The monoisotopic (exact) mass is 352 g/mol. The summed E-state index contributed by atoms with van der Waals surface area (Å²) < 4.78 is 1.72. The molecule has 0 amide bonds. The average molecular weight is 354 g/mol. The number of rotatable bonds is 3. The van der Waals surface area contributed by atoms with Crippen LogP contribution >= 0.6 is 34.8 Å². The molecule has 1 aromatic carbocycles. The van der Waals surface area contributed by atoms with Gasteiger partial charge in [0.25, 0.3) is 0 Å². The van der Waals surface area contributed by atoms with Crippen molar-refractivity contribution < 1.29 is 0 Å². The van der Waals surface area contributed by atoms with Gasteiger partial charge in [-0.05, 0) is 17.7 Å². The average Bonchev–Trinajstić information content (AvgIpc) is 2.82. The first-order chi connectivity index (χ1) is 10.5. The third-order valence-electron chi connectivity index (χ3n) is 3.21. The second kappa shape index (κ2) is 6.24. The van der Waals surface area contributed by atoms with E-state index in [1.807, 2.05) is 31.3 Å². The summed E-state index contributed by atoms with van der Waals surface area (Å²) in [6.07, 6.45) is 3.69. The normalized spacial score (nSPS) is 10.9. The molecule has 22 heavy (non-hydrogen) atoms. The van der Waals surface area contributed by atoms with Crippen molar-refractivity contribution >= 4 is 34.8 Å². The Kier molecular flexibility index (Phi) is 4.34. The number of halogens is 3. The Morgan fingerprint density at radius 1 is 1.00 bits per heavy atom. The number of pyridine rings is 1. The highest BCUT2D eigenvalue weighted by atomic mass is 35.5. The molecular formula is C15H11Cl3N4. The fraction of sp³-hybridized carbons (Fsp3) is 0.133. The first-order valence-electron chi connectivity index (χ1n) is 6.48. The second-order valence-electron chi connectivity index (χ2n) is 4.76. The molecule has 0 aliphatic rings. The van der Waals surface area contributed by atoms with Crippen LogP contribution in [0.2, 0.25) is 15.1 Å². The summed E-state index contributed by atoms with van der Waals surface area (Å²) in [4.78, 5) is 8.48. The zero-order valence-electron chi connectivity index (χ0n) is 11.6. The third-order valence-corrected chi connectivity index (χ3v) is 4.03. The number of nitrogens with zero attached hydrogens (tertiary/aromatic N) is 4. The van der Waals surface area contributed by atoms with Gasteiger partial charge in [0.05, 0.1) is 15.6 Å². The van der Waals surface area contributed by atoms with E-state index in [2.05, 4.69) is 15.1 Å². The van der Waals surface area contributed by atoms with Gasteiger partial charge in [0.15, 0.2) is 5.82 Å². The molecule has 0 unspecified atom stereocenters. The van der Waals surface area contributed by atoms with Gasteiger partial charge in [0, 0.05) is 30.9 Å². The Hall–Kier alpha value is -1.62. The van der Waals surface area contributed by atoms with E-state index in [1.165, 1.54) is 12.4 Å².